The van der Waals surface area contributed by atoms with E-state index in [0.29, 0.717) is 12.1 Å². The highest BCUT2D eigenvalue weighted by Crippen LogP contribution is 2.35. The van der Waals surface area contributed by atoms with Gasteiger partial charge in [-0.15, -0.1) is 0 Å². The van der Waals surface area contributed by atoms with E-state index in [2.05, 4.69) is 41.9 Å². The molecule has 2 aliphatic rings. The molecule has 1 aromatic carbocycles. The Morgan fingerprint density at radius 1 is 1.05 bits per heavy atom. The number of guanidine groups is 1. The maximum atomic E-state index is 6.26. The van der Waals surface area contributed by atoms with Crippen molar-refractivity contribution in [3.8, 4) is 0 Å². The van der Waals surface area contributed by atoms with Gasteiger partial charge in [-0.1, -0.05) is 43.9 Å². The molecule has 0 bridgehead atoms. The normalized spacial score (nSPS) is 24.0. The van der Waals surface area contributed by atoms with Gasteiger partial charge in [0, 0.05) is 6.04 Å². The van der Waals surface area contributed by atoms with Crippen molar-refractivity contribution in [2.75, 3.05) is 6.54 Å². The summed E-state index contributed by atoms with van der Waals surface area (Å²) in [5.74, 6) is 0.759. The third-order valence-electron chi connectivity index (χ3n) is 5.12. The molecule has 2 N–H and O–H groups in total. The van der Waals surface area contributed by atoms with E-state index in [-0.39, 0.29) is 0 Å². The molecule has 1 saturated carbocycles. The predicted molar refractivity (Wildman–Crippen MR) is 88.5 cm³/mol. The molecule has 114 valence electrons. The van der Waals surface area contributed by atoms with Crippen LogP contribution < -0.4 is 5.73 Å². The smallest absolute Gasteiger partial charge is 0.192 e. The second-order valence-electron chi connectivity index (χ2n) is 6.57. The SMILES string of the molecule is Cc1cccc(C)c1C1CN=C(N)N1C1CCCCCC1. The van der Waals surface area contributed by atoms with Crippen molar-refractivity contribution >= 4 is 5.96 Å². The number of aliphatic imine (C=N–C) groups is 1. The van der Waals surface area contributed by atoms with Crippen LogP contribution in [0.2, 0.25) is 0 Å². The van der Waals surface area contributed by atoms with Crippen LogP contribution in [0.1, 0.15) is 61.3 Å². The van der Waals surface area contributed by atoms with Gasteiger partial charge in [-0.3, -0.25) is 4.99 Å². The lowest BCUT2D eigenvalue weighted by Gasteiger charge is -2.35. The molecule has 1 aromatic rings. The molecule has 0 spiro atoms. The Kier molecular flexibility index (Phi) is 4.18. The van der Waals surface area contributed by atoms with E-state index in [9.17, 15) is 0 Å². The van der Waals surface area contributed by atoms with Crippen molar-refractivity contribution in [3.05, 3.63) is 34.9 Å². The molecule has 1 aliphatic carbocycles. The molecular weight excluding hydrogens is 258 g/mol. The number of nitrogens with two attached hydrogens (primary N) is 1. The van der Waals surface area contributed by atoms with E-state index in [4.69, 9.17) is 5.73 Å². The third kappa shape index (κ3) is 2.78. The Labute approximate surface area is 128 Å². The van der Waals surface area contributed by atoms with Gasteiger partial charge in [0.1, 0.15) is 0 Å². The standard InChI is InChI=1S/C18H27N3/c1-13-8-7-9-14(2)17(13)16-12-20-18(19)21(16)15-10-5-3-4-6-11-15/h7-9,15-16H,3-6,10-12H2,1-2H3,(H2,19,20). The minimum atomic E-state index is 0.342. The summed E-state index contributed by atoms with van der Waals surface area (Å²) >= 11 is 0. The summed E-state index contributed by atoms with van der Waals surface area (Å²) in [5, 5.41) is 0. The number of aryl methyl sites for hydroxylation is 2. The summed E-state index contributed by atoms with van der Waals surface area (Å²) in [4.78, 5) is 7.01. The molecule has 1 fully saturated rings. The largest absolute Gasteiger partial charge is 0.370 e. The minimum Gasteiger partial charge on any atom is -0.370 e. The zero-order valence-electron chi connectivity index (χ0n) is 13.3. The van der Waals surface area contributed by atoms with Gasteiger partial charge >= 0.3 is 0 Å². The first-order valence-corrected chi connectivity index (χ1v) is 8.33. The Bertz CT molecular complexity index is 507. The molecule has 1 heterocycles. The fourth-order valence-corrected chi connectivity index (χ4v) is 4.07. The Hall–Kier alpha value is -1.51. The predicted octanol–water partition coefficient (Wildman–Crippen LogP) is 3.70. The minimum absolute atomic E-state index is 0.342. The molecule has 1 atom stereocenters. The van der Waals surface area contributed by atoms with Gasteiger partial charge in [0.25, 0.3) is 0 Å². The Morgan fingerprint density at radius 2 is 1.67 bits per heavy atom. The zero-order chi connectivity index (χ0) is 14.8. The molecule has 0 radical (unpaired) electrons. The average Bonchev–Trinajstić information content (AvgIpc) is 2.67. The number of nitrogens with zero attached hydrogens (tertiary/aromatic N) is 2. The van der Waals surface area contributed by atoms with E-state index in [1.54, 1.807) is 0 Å². The van der Waals surface area contributed by atoms with Crippen molar-refractivity contribution < 1.29 is 0 Å². The van der Waals surface area contributed by atoms with Gasteiger partial charge in [0.15, 0.2) is 5.96 Å². The molecule has 1 aliphatic heterocycles. The highest BCUT2D eigenvalue weighted by molar-refractivity contribution is 5.81. The van der Waals surface area contributed by atoms with Crippen molar-refractivity contribution in [2.24, 2.45) is 10.7 Å². The molecule has 3 heteroatoms. The third-order valence-corrected chi connectivity index (χ3v) is 5.12. The van der Waals surface area contributed by atoms with E-state index < -0.39 is 0 Å². The zero-order valence-corrected chi connectivity index (χ0v) is 13.3. The summed E-state index contributed by atoms with van der Waals surface area (Å²) in [5.41, 5.74) is 10.4. The van der Waals surface area contributed by atoms with Crippen LogP contribution in [0.3, 0.4) is 0 Å². The number of hydrogen-bond donors (Lipinski definition) is 1. The van der Waals surface area contributed by atoms with Crippen LogP contribution in [0.15, 0.2) is 23.2 Å². The van der Waals surface area contributed by atoms with Crippen LogP contribution in [-0.2, 0) is 0 Å². The van der Waals surface area contributed by atoms with Gasteiger partial charge in [0.05, 0.1) is 12.6 Å². The van der Waals surface area contributed by atoms with Crippen molar-refractivity contribution in [2.45, 2.75) is 64.5 Å². The van der Waals surface area contributed by atoms with Gasteiger partial charge in [-0.05, 0) is 43.4 Å². The molecule has 0 saturated heterocycles. The fraction of sp³-hybridized carbons (Fsp3) is 0.611. The lowest BCUT2D eigenvalue weighted by atomic mass is 9.93. The lowest BCUT2D eigenvalue weighted by Crippen LogP contribution is -2.44. The lowest BCUT2D eigenvalue weighted by molar-refractivity contribution is 0.236. The average molecular weight is 285 g/mol. The quantitative estimate of drug-likeness (QED) is 0.842. The maximum absolute atomic E-state index is 6.26. The summed E-state index contributed by atoms with van der Waals surface area (Å²) in [6, 6.07) is 7.48. The van der Waals surface area contributed by atoms with Crippen molar-refractivity contribution in [3.63, 3.8) is 0 Å². The van der Waals surface area contributed by atoms with E-state index in [1.165, 1.54) is 55.2 Å². The number of hydrogen-bond acceptors (Lipinski definition) is 3. The van der Waals surface area contributed by atoms with Crippen LogP contribution >= 0.6 is 0 Å². The molecule has 0 amide bonds. The van der Waals surface area contributed by atoms with Crippen LogP contribution in [-0.4, -0.2) is 23.4 Å². The highest BCUT2D eigenvalue weighted by Gasteiger charge is 2.34. The summed E-state index contributed by atoms with van der Waals surface area (Å²) in [7, 11) is 0. The summed E-state index contributed by atoms with van der Waals surface area (Å²) < 4.78 is 0. The molecule has 21 heavy (non-hydrogen) atoms. The van der Waals surface area contributed by atoms with Crippen LogP contribution in [0.25, 0.3) is 0 Å². The fourth-order valence-electron chi connectivity index (χ4n) is 4.07. The highest BCUT2D eigenvalue weighted by atomic mass is 15.3. The first-order chi connectivity index (χ1) is 10.2. The van der Waals surface area contributed by atoms with E-state index >= 15 is 0 Å². The van der Waals surface area contributed by atoms with Crippen molar-refractivity contribution in [1.82, 2.24) is 4.90 Å². The van der Waals surface area contributed by atoms with Crippen LogP contribution in [0.4, 0.5) is 0 Å². The Morgan fingerprint density at radius 3 is 2.29 bits per heavy atom. The molecule has 3 nitrogen and oxygen atoms in total. The topological polar surface area (TPSA) is 41.6 Å². The van der Waals surface area contributed by atoms with Gasteiger partial charge in [0.2, 0.25) is 0 Å². The molecular formula is C18H27N3. The second kappa shape index (κ2) is 6.08. The van der Waals surface area contributed by atoms with Crippen LogP contribution in [0, 0.1) is 13.8 Å². The van der Waals surface area contributed by atoms with Gasteiger partial charge < -0.3 is 10.6 Å². The Balaban J connectivity index is 1.91. The molecule has 3 rings (SSSR count). The first-order valence-electron chi connectivity index (χ1n) is 8.33. The van der Waals surface area contributed by atoms with Crippen molar-refractivity contribution in [1.29, 1.82) is 0 Å². The van der Waals surface area contributed by atoms with E-state index in [0.717, 1.165) is 12.5 Å². The van der Waals surface area contributed by atoms with E-state index in [1.807, 2.05) is 0 Å². The maximum Gasteiger partial charge on any atom is 0.192 e. The van der Waals surface area contributed by atoms with Crippen LogP contribution in [0.5, 0.6) is 0 Å². The monoisotopic (exact) mass is 285 g/mol. The van der Waals surface area contributed by atoms with Gasteiger partial charge in [-0.2, -0.15) is 0 Å². The molecule has 0 aromatic heterocycles. The number of benzene rings is 1. The first kappa shape index (κ1) is 14.4. The van der Waals surface area contributed by atoms with Gasteiger partial charge in [-0.25, -0.2) is 0 Å². The molecule has 1 unspecified atom stereocenters. The summed E-state index contributed by atoms with van der Waals surface area (Å²) in [6.07, 6.45) is 7.92. The summed E-state index contributed by atoms with van der Waals surface area (Å²) in [6.45, 7) is 5.23. The number of rotatable bonds is 2. The second-order valence-corrected chi connectivity index (χ2v) is 6.57.